The highest BCUT2D eigenvalue weighted by atomic mass is 79.9. The average Bonchev–Trinajstić information content (AvgIpc) is 2.79. The fourth-order valence-electron chi connectivity index (χ4n) is 1.83. The molecule has 3 aromatic rings. The van der Waals surface area contributed by atoms with E-state index in [1.807, 2.05) is 19.1 Å². The Morgan fingerprint density at radius 3 is 2.95 bits per heavy atom. The van der Waals surface area contributed by atoms with Gasteiger partial charge in [0.05, 0.1) is 11.2 Å². The Balaban J connectivity index is 1.81. The van der Waals surface area contributed by atoms with E-state index in [2.05, 4.69) is 30.9 Å². The maximum Gasteiger partial charge on any atom is 0.178 e. The molecule has 6 heteroatoms. The number of benzene rings is 1. The molecule has 0 aliphatic heterocycles. The van der Waals surface area contributed by atoms with Crippen LogP contribution in [0.15, 0.2) is 40.0 Å². The highest BCUT2D eigenvalue weighted by molar-refractivity contribution is 9.10. The zero-order chi connectivity index (χ0) is 14.1. The van der Waals surface area contributed by atoms with Gasteiger partial charge in [-0.05, 0) is 46.6 Å². The van der Waals surface area contributed by atoms with Crippen molar-refractivity contribution >= 4 is 38.9 Å². The van der Waals surface area contributed by atoms with Gasteiger partial charge in [0.15, 0.2) is 10.8 Å². The van der Waals surface area contributed by atoms with Gasteiger partial charge in [-0.1, -0.05) is 23.9 Å². The van der Waals surface area contributed by atoms with E-state index in [9.17, 15) is 4.39 Å². The molecule has 0 unspecified atom stereocenters. The molecule has 20 heavy (non-hydrogen) atoms. The Labute approximate surface area is 128 Å². The van der Waals surface area contributed by atoms with Crippen molar-refractivity contribution in [3.8, 4) is 0 Å². The summed E-state index contributed by atoms with van der Waals surface area (Å²) in [6.45, 7) is 1.93. The second kappa shape index (κ2) is 5.54. The van der Waals surface area contributed by atoms with Crippen LogP contribution < -0.4 is 0 Å². The number of thioether (sulfide) groups is 1. The van der Waals surface area contributed by atoms with E-state index in [1.54, 1.807) is 6.07 Å². The van der Waals surface area contributed by atoms with Gasteiger partial charge in [0, 0.05) is 10.2 Å². The number of nitrogens with one attached hydrogen (secondary N) is 1. The van der Waals surface area contributed by atoms with Crippen molar-refractivity contribution in [2.75, 3.05) is 0 Å². The third-order valence-electron chi connectivity index (χ3n) is 2.84. The van der Waals surface area contributed by atoms with E-state index in [-0.39, 0.29) is 5.82 Å². The van der Waals surface area contributed by atoms with Gasteiger partial charge in [-0.25, -0.2) is 14.4 Å². The Kier molecular flexibility index (Phi) is 3.76. The molecule has 1 N–H and O–H groups in total. The predicted molar refractivity (Wildman–Crippen MR) is 82.3 cm³/mol. The molecule has 0 radical (unpaired) electrons. The van der Waals surface area contributed by atoms with Crippen LogP contribution in [0.3, 0.4) is 0 Å². The second-order valence-corrected chi connectivity index (χ2v) is 6.21. The minimum Gasteiger partial charge on any atom is -0.331 e. The smallest absolute Gasteiger partial charge is 0.178 e. The molecule has 0 fully saturated rings. The average molecular weight is 352 g/mol. The standard InChI is InChI=1S/C14H11BrFN3S/c1-8-11(15)6-12-13(17-8)19-14(18-12)20-7-9-3-2-4-10(16)5-9/h2-6H,7H2,1H3,(H,17,18,19). The molecule has 2 aromatic heterocycles. The van der Waals surface area contributed by atoms with Gasteiger partial charge >= 0.3 is 0 Å². The maximum absolute atomic E-state index is 13.1. The number of imidazole rings is 1. The van der Waals surface area contributed by atoms with E-state index in [1.165, 1.54) is 23.9 Å². The molecule has 0 amide bonds. The van der Waals surface area contributed by atoms with E-state index in [0.29, 0.717) is 11.4 Å². The van der Waals surface area contributed by atoms with Crippen molar-refractivity contribution in [3.63, 3.8) is 0 Å². The van der Waals surface area contributed by atoms with Gasteiger partial charge in [0.25, 0.3) is 0 Å². The number of fused-ring (bicyclic) bond motifs is 1. The van der Waals surface area contributed by atoms with E-state index >= 15 is 0 Å². The molecule has 0 bridgehead atoms. The minimum atomic E-state index is -0.214. The lowest BCUT2D eigenvalue weighted by atomic mass is 10.2. The topological polar surface area (TPSA) is 41.6 Å². The normalized spacial score (nSPS) is 11.2. The number of aromatic amines is 1. The van der Waals surface area contributed by atoms with Crippen LogP contribution in [0.25, 0.3) is 11.2 Å². The van der Waals surface area contributed by atoms with Crippen LogP contribution in [-0.2, 0) is 5.75 Å². The quantitative estimate of drug-likeness (QED) is 0.708. The van der Waals surface area contributed by atoms with Crippen molar-refractivity contribution in [2.45, 2.75) is 17.8 Å². The molecule has 3 nitrogen and oxygen atoms in total. The number of halogens is 2. The summed E-state index contributed by atoms with van der Waals surface area (Å²) in [6.07, 6.45) is 0. The lowest BCUT2D eigenvalue weighted by Crippen LogP contribution is -1.84. The fourth-order valence-corrected chi connectivity index (χ4v) is 2.97. The Bertz CT molecular complexity index is 733. The Morgan fingerprint density at radius 2 is 2.15 bits per heavy atom. The van der Waals surface area contributed by atoms with Crippen molar-refractivity contribution < 1.29 is 4.39 Å². The number of aromatic nitrogens is 3. The summed E-state index contributed by atoms with van der Waals surface area (Å²) in [5.41, 5.74) is 3.43. The van der Waals surface area contributed by atoms with Gasteiger partial charge < -0.3 is 4.98 Å². The van der Waals surface area contributed by atoms with Crippen LogP contribution in [0, 0.1) is 12.7 Å². The third-order valence-corrected chi connectivity index (χ3v) is 4.59. The first-order valence-electron chi connectivity index (χ1n) is 6.02. The van der Waals surface area contributed by atoms with Crippen LogP contribution in [0.4, 0.5) is 4.39 Å². The summed E-state index contributed by atoms with van der Waals surface area (Å²) in [5.74, 6) is 0.450. The molecule has 102 valence electrons. The molecule has 0 saturated heterocycles. The summed E-state index contributed by atoms with van der Waals surface area (Å²) < 4.78 is 14.1. The van der Waals surface area contributed by atoms with Gasteiger partial charge in [-0.3, -0.25) is 0 Å². The summed E-state index contributed by atoms with van der Waals surface area (Å²) in [4.78, 5) is 12.1. The number of H-pyrrole nitrogens is 1. The Morgan fingerprint density at radius 1 is 1.30 bits per heavy atom. The van der Waals surface area contributed by atoms with Crippen molar-refractivity contribution in [1.82, 2.24) is 15.0 Å². The van der Waals surface area contributed by atoms with Crippen LogP contribution >= 0.6 is 27.7 Å². The van der Waals surface area contributed by atoms with E-state index in [0.717, 1.165) is 26.4 Å². The molecular formula is C14H11BrFN3S. The van der Waals surface area contributed by atoms with Gasteiger partial charge in [0.2, 0.25) is 0 Å². The first-order valence-corrected chi connectivity index (χ1v) is 7.80. The molecule has 1 aromatic carbocycles. The molecule has 2 heterocycles. The van der Waals surface area contributed by atoms with Gasteiger partial charge in [0.1, 0.15) is 5.82 Å². The maximum atomic E-state index is 13.1. The van der Waals surface area contributed by atoms with E-state index in [4.69, 9.17) is 0 Å². The van der Waals surface area contributed by atoms with Crippen LogP contribution in [0.1, 0.15) is 11.3 Å². The highest BCUT2D eigenvalue weighted by Gasteiger charge is 2.07. The van der Waals surface area contributed by atoms with Crippen molar-refractivity contribution in [2.24, 2.45) is 0 Å². The summed E-state index contributed by atoms with van der Waals surface area (Å²) in [7, 11) is 0. The number of pyridine rings is 1. The third kappa shape index (κ3) is 2.86. The number of rotatable bonds is 3. The predicted octanol–water partition coefficient (Wildman–Crippen LogP) is 4.46. The largest absolute Gasteiger partial charge is 0.331 e. The van der Waals surface area contributed by atoms with E-state index < -0.39 is 0 Å². The van der Waals surface area contributed by atoms with Crippen molar-refractivity contribution in [3.05, 3.63) is 51.9 Å². The van der Waals surface area contributed by atoms with Crippen molar-refractivity contribution in [1.29, 1.82) is 0 Å². The van der Waals surface area contributed by atoms with Crippen LogP contribution in [0.5, 0.6) is 0 Å². The molecule has 3 rings (SSSR count). The zero-order valence-electron chi connectivity index (χ0n) is 10.7. The highest BCUT2D eigenvalue weighted by Crippen LogP contribution is 2.25. The molecule has 0 aliphatic rings. The Hall–Kier alpha value is -1.40. The summed E-state index contributed by atoms with van der Waals surface area (Å²) in [6, 6.07) is 8.56. The zero-order valence-corrected chi connectivity index (χ0v) is 13.1. The molecule has 0 spiro atoms. The van der Waals surface area contributed by atoms with Gasteiger partial charge in [-0.2, -0.15) is 0 Å². The second-order valence-electron chi connectivity index (χ2n) is 4.39. The monoisotopic (exact) mass is 351 g/mol. The van der Waals surface area contributed by atoms with Crippen LogP contribution in [-0.4, -0.2) is 15.0 Å². The first kappa shape index (κ1) is 13.6. The minimum absolute atomic E-state index is 0.214. The van der Waals surface area contributed by atoms with Gasteiger partial charge in [-0.15, -0.1) is 0 Å². The molecule has 0 atom stereocenters. The fraction of sp³-hybridized carbons (Fsp3) is 0.143. The number of hydrogen-bond donors (Lipinski definition) is 1. The van der Waals surface area contributed by atoms with Crippen LogP contribution in [0.2, 0.25) is 0 Å². The number of aryl methyl sites for hydroxylation is 1. The summed E-state index contributed by atoms with van der Waals surface area (Å²) >= 11 is 4.98. The molecular weight excluding hydrogens is 341 g/mol. The molecule has 0 aliphatic carbocycles. The summed E-state index contributed by atoms with van der Waals surface area (Å²) in [5, 5.41) is 0.786. The SMILES string of the molecule is Cc1nc2nc(SCc3cccc(F)c3)[nH]c2cc1Br. The molecule has 0 saturated carbocycles. The number of nitrogens with zero attached hydrogens (tertiary/aromatic N) is 2. The lowest BCUT2D eigenvalue weighted by Gasteiger charge is -1.98. The first-order chi connectivity index (χ1) is 9.61. The lowest BCUT2D eigenvalue weighted by molar-refractivity contribution is 0.626. The number of hydrogen-bond acceptors (Lipinski definition) is 3.